The fourth-order valence-electron chi connectivity index (χ4n) is 2.26. The minimum absolute atomic E-state index is 0.0481. The highest BCUT2D eigenvalue weighted by Gasteiger charge is 2.16. The Balaban J connectivity index is 1.53. The van der Waals surface area contributed by atoms with Gasteiger partial charge in [-0.25, -0.2) is 4.98 Å². The molecule has 0 aliphatic carbocycles. The van der Waals surface area contributed by atoms with E-state index in [9.17, 15) is 9.00 Å². The minimum atomic E-state index is -1.33. The number of rotatable bonds is 7. The molecule has 0 aliphatic heterocycles. The fraction of sp³-hybridized carbons (Fsp3) is 0.222. The lowest BCUT2D eigenvalue weighted by atomic mass is 10.2. The van der Waals surface area contributed by atoms with Gasteiger partial charge in [-0.1, -0.05) is 36.4 Å². The Morgan fingerprint density at radius 1 is 1.24 bits per heavy atom. The zero-order valence-electron chi connectivity index (χ0n) is 13.7. The minimum Gasteiger partial charge on any atom is -0.440 e. The van der Waals surface area contributed by atoms with E-state index in [4.69, 9.17) is 4.42 Å². The Morgan fingerprint density at radius 3 is 2.76 bits per heavy atom. The molecule has 7 heteroatoms. The Labute approximate surface area is 152 Å². The summed E-state index contributed by atoms with van der Waals surface area (Å²) >= 11 is 1.54. The van der Waals surface area contributed by atoms with Crippen molar-refractivity contribution in [1.29, 1.82) is 0 Å². The summed E-state index contributed by atoms with van der Waals surface area (Å²) in [5.41, 5.74) is 1.65. The van der Waals surface area contributed by atoms with Gasteiger partial charge in [0, 0.05) is 17.3 Å². The molecule has 1 atom stereocenters. The topological polar surface area (TPSA) is 72.2 Å². The Kier molecular flexibility index (Phi) is 5.78. The first-order valence-electron chi connectivity index (χ1n) is 7.77. The predicted molar refractivity (Wildman–Crippen MR) is 99.6 cm³/mol. The number of thiophene rings is 1. The summed E-state index contributed by atoms with van der Waals surface area (Å²) < 4.78 is 17.9. The van der Waals surface area contributed by atoms with E-state index in [2.05, 4.69) is 10.3 Å². The van der Waals surface area contributed by atoms with Gasteiger partial charge in [-0.05, 0) is 23.9 Å². The van der Waals surface area contributed by atoms with E-state index < -0.39 is 10.8 Å². The quantitative estimate of drug-likeness (QED) is 0.689. The van der Waals surface area contributed by atoms with Crippen LogP contribution in [0.5, 0.6) is 0 Å². The molecular weight excluding hydrogens is 356 g/mol. The van der Waals surface area contributed by atoms with E-state index in [1.807, 2.05) is 47.8 Å². The molecule has 0 bridgehead atoms. The molecule has 130 valence electrons. The Hall–Kier alpha value is -2.25. The zero-order valence-corrected chi connectivity index (χ0v) is 15.4. The molecular formula is C18H18N2O3S2. The van der Waals surface area contributed by atoms with E-state index in [-0.39, 0.29) is 17.4 Å². The average Bonchev–Trinajstić information content (AvgIpc) is 3.24. The normalized spacial score (nSPS) is 12.0. The number of aromatic nitrogens is 1. The highest BCUT2D eigenvalue weighted by molar-refractivity contribution is 7.84. The molecule has 5 nitrogen and oxygen atoms in total. The summed E-state index contributed by atoms with van der Waals surface area (Å²) in [7, 11) is -1.33. The molecule has 3 rings (SSSR count). The summed E-state index contributed by atoms with van der Waals surface area (Å²) in [6.45, 7) is 2.23. The Morgan fingerprint density at radius 2 is 2.04 bits per heavy atom. The zero-order chi connectivity index (χ0) is 17.6. The fourth-order valence-corrected chi connectivity index (χ4v) is 3.98. The van der Waals surface area contributed by atoms with Crippen molar-refractivity contribution in [2.75, 3.05) is 5.75 Å². The number of hydrogen-bond acceptors (Lipinski definition) is 5. The maximum atomic E-state index is 12.3. The number of amides is 1. The summed E-state index contributed by atoms with van der Waals surface area (Å²) in [5.74, 6) is 1.10. The van der Waals surface area contributed by atoms with Crippen LogP contribution in [0.4, 0.5) is 0 Å². The number of benzene rings is 1. The Bertz CT molecular complexity index is 858. The van der Waals surface area contributed by atoms with Gasteiger partial charge in [0.1, 0.15) is 11.5 Å². The molecule has 1 aromatic carbocycles. The van der Waals surface area contributed by atoms with Gasteiger partial charge in [0.05, 0.1) is 16.3 Å². The van der Waals surface area contributed by atoms with E-state index in [0.717, 1.165) is 10.4 Å². The monoisotopic (exact) mass is 374 g/mol. The predicted octanol–water partition coefficient (Wildman–Crippen LogP) is 3.28. The van der Waals surface area contributed by atoms with Crippen molar-refractivity contribution < 1.29 is 13.4 Å². The lowest BCUT2D eigenvalue weighted by molar-refractivity contribution is -0.118. The third kappa shape index (κ3) is 4.87. The molecule has 0 aliphatic rings. The van der Waals surface area contributed by atoms with E-state index in [0.29, 0.717) is 23.9 Å². The van der Waals surface area contributed by atoms with Crippen LogP contribution in [0.3, 0.4) is 0 Å². The van der Waals surface area contributed by atoms with Crippen molar-refractivity contribution in [2.24, 2.45) is 0 Å². The number of carbonyl (C=O) groups is 1. The third-order valence-electron chi connectivity index (χ3n) is 3.55. The van der Waals surface area contributed by atoms with Crippen LogP contribution >= 0.6 is 11.3 Å². The number of hydrogen-bond donors (Lipinski definition) is 1. The van der Waals surface area contributed by atoms with Crippen molar-refractivity contribution in [3.05, 3.63) is 64.9 Å². The molecule has 3 aromatic rings. The lowest BCUT2D eigenvalue weighted by Crippen LogP contribution is -2.28. The van der Waals surface area contributed by atoms with Crippen LogP contribution < -0.4 is 5.32 Å². The first-order valence-corrected chi connectivity index (χ1v) is 10.1. The maximum absolute atomic E-state index is 12.3. The summed E-state index contributed by atoms with van der Waals surface area (Å²) in [5, 5.41) is 4.73. The van der Waals surface area contributed by atoms with Crippen LogP contribution in [0.2, 0.25) is 0 Å². The molecule has 2 heterocycles. The van der Waals surface area contributed by atoms with Crippen molar-refractivity contribution in [2.45, 2.75) is 19.2 Å². The molecule has 0 saturated carbocycles. The second-order valence-corrected chi connectivity index (χ2v) is 7.89. The van der Waals surface area contributed by atoms with E-state index >= 15 is 0 Å². The van der Waals surface area contributed by atoms with Crippen LogP contribution in [0, 0.1) is 6.92 Å². The van der Waals surface area contributed by atoms with Gasteiger partial charge in [-0.3, -0.25) is 9.00 Å². The largest absolute Gasteiger partial charge is 0.440 e. The molecule has 1 N–H and O–H groups in total. The molecule has 1 amide bonds. The standard InChI is InChI=1S/C18H18N2O3S2/c1-13-15(20-18(23-13)16-8-5-9-24-16)11-25(22)12-17(21)19-10-14-6-3-2-4-7-14/h2-9H,10-12H2,1H3,(H,19,21). The summed E-state index contributed by atoms with van der Waals surface area (Å²) in [4.78, 5) is 17.3. The van der Waals surface area contributed by atoms with Gasteiger partial charge in [0.25, 0.3) is 0 Å². The van der Waals surface area contributed by atoms with Crippen LogP contribution in [0.1, 0.15) is 17.0 Å². The molecule has 25 heavy (non-hydrogen) atoms. The van der Waals surface area contributed by atoms with Gasteiger partial charge in [0.2, 0.25) is 11.8 Å². The second kappa shape index (κ2) is 8.22. The highest BCUT2D eigenvalue weighted by Crippen LogP contribution is 2.26. The van der Waals surface area contributed by atoms with E-state index in [1.54, 1.807) is 6.92 Å². The second-order valence-electron chi connectivity index (χ2n) is 5.49. The number of nitrogens with zero attached hydrogens (tertiary/aromatic N) is 1. The van der Waals surface area contributed by atoms with Crippen molar-refractivity contribution >= 4 is 28.0 Å². The number of nitrogens with one attached hydrogen (secondary N) is 1. The molecule has 0 spiro atoms. The highest BCUT2D eigenvalue weighted by atomic mass is 32.2. The summed E-state index contributed by atoms with van der Waals surface area (Å²) in [6.07, 6.45) is 0. The van der Waals surface area contributed by atoms with Crippen LogP contribution in [0.25, 0.3) is 10.8 Å². The SMILES string of the molecule is Cc1oc(-c2cccs2)nc1CS(=O)CC(=O)NCc1ccccc1. The smallest absolute Gasteiger partial charge is 0.236 e. The van der Waals surface area contributed by atoms with Crippen molar-refractivity contribution in [3.63, 3.8) is 0 Å². The molecule has 0 fully saturated rings. The number of oxazole rings is 1. The molecule has 2 aromatic heterocycles. The maximum Gasteiger partial charge on any atom is 0.236 e. The van der Waals surface area contributed by atoms with Gasteiger partial charge >= 0.3 is 0 Å². The average molecular weight is 374 g/mol. The first-order chi connectivity index (χ1) is 12.1. The number of aryl methyl sites for hydroxylation is 1. The van der Waals surface area contributed by atoms with Gasteiger partial charge in [-0.2, -0.15) is 0 Å². The number of carbonyl (C=O) groups excluding carboxylic acids is 1. The third-order valence-corrected chi connectivity index (χ3v) is 5.58. The van der Waals surface area contributed by atoms with Crippen molar-refractivity contribution in [1.82, 2.24) is 10.3 Å². The van der Waals surface area contributed by atoms with E-state index in [1.165, 1.54) is 11.3 Å². The van der Waals surface area contributed by atoms with Gasteiger partial charge in [-0.15, -0.1) is 11.3 Å². The van der Waals surface area contributed by atoms with Crippen LogP contribution in [-0.4, -0.2) is 20.9 Å². The van der Waals surface area contributed by atoms with Crippen LogP contribution in [-0.2, 0) is 27.9 Å². The molecule has 0 saturated heterocycles. The first kappa shape index (κ1) is 17.6. The van der Waals surface area contributed by atoms with Gasteiger partial charge < -0.3 is 9.73 Å². The van der Waals surface area contributed by atoms with Crippen LogP contribution in [0.15, 0.2) is 52.3 Å². The van der Waals surface area contributed by atoms with Gasteiger partial charge in [0.15, 0.2) is 0 Å². The lowest BCUT2D eigenvalue weighted by Gasteiger charge is -2.05. The summed E-state index contributed by atoms with van der Waals surface area (Å²) in [6, 6.07) is 13.5. The molecule has 1 unspecified atom stereocenters. The molecule has 0 radical (unpaired) electrons. The van der Waals surface area contributed by atoms with Crippen molar-refractivity contribution in [3.8, 4) is 10.8 Å².